The second-order valence-corrected chi connectivity index (χ2v) is 5.90. The van der Waals surface area contributed by atoms with Gasteiger partial charge in [0.1, 0.15) is 0 Å². The Labute approximate surface area is 152 Å². The second-order valence-electron chi connectivity index (χ2n) is 5.90. The molecule has 0 atom stereocenters. The van der Waals surface area contributed by atoms with E-state index in [1.54, 1.807) is 24.8 Å². The monoisotopic (exact) mass is 336 g/mol. The molecule has 26 heavy (non-hydrogen) atoms. The molecule has 4 aromatic rings. The van der Waals surface area contributed by atoms with E-state index in [0.29, 0.717) is 11.1 Å². The van der Waals surface area contributed by atoms with Gasteiger partial charge in [-0.1, -0.05) is 60.7 Å². The number of carbonyl (C=O) groups excluding carboxylic acids is 1. The molecule has 4 rings (SSSR count). The van der Waals surface area contributed by atoms with Gasteiger partial charge in [0.05, 0.1) is 0 Å². The van der Waals surface area contributed by atoms with Crippen molar-refractivity contribution in [3.63, 3.8) is 0 Å². The van der Waals surface area contributed by atoms with Gasteiger partial charge in [-0.15, -0.1) is 0 Å². The minimum atomic E-state index is -0.0103. The van der Waals surface area contributed by atoms with Crippen LogP contribution in [0.4, 0.5) is 0 Å². The van der Waals surface area contributed by atoms with Crippen LogP contribution in [-0.4, -0.2) is 15.8 Å². The van der Waals surface area contributed by atoms with Crippen LogP contribution in [0.1, 0.15) is 15.9 Å². The number of ketones is 1. The summed E-state index contributed by atoms with van der Waals surface area (Å²) >= 11 is 0. The van der Waals surface area contributed by atoms with E-state index in [2.05, 4.69) is 9.97 Å². The molecule has 0 spiro atoms. The van der Waals surface area contributed by atoms with Gasteiger partial charge in [0.15, 0.2) is 5.78 Å². The molecule has 0 aliphatic carbocycles. The molecule has 0 aliphatic heterocycles. The Hall–Kier alpha value is -3.59. The first kappa shape index (κ1) is 15.9. The van der Waals surface area contributed by atoms with Crippen LogP contribution in [0, 0.1) is 0 Å². The summed E-state index contributed by atoms with van der Waals surface area (Å²) in [6, 6.07) is 23.0. The lowest BCUT2D eigenvalue weighted by Crippen LogP contribution is -2.05. The Balaban J connectivity index is 1.84. The van der Waals surface area contributed by atoms with Crippen LogP contribution in [-0.2, 0) is 0 Å². The lowest BCUT2D eigenvalue weighted by Gasteiger charge is -2.12. The predicted molar refractivity (Wildman–Crippen MR) is 103 cm³/mol. The molecule has 3 nitrogen and oxygen atoms in total. The van der Waals surface area contributed by atoms with Crippen LogP contribution in [0.2, 0.25) is 0 Å². The number of hydrogen-bond acceptors (Lipinski definition) is 3. The van der Waals surface area contributed by atoms with E-state index in [1.165, 1.54) is 0 Å². The predicted octanol–water partition coefficient (Wildman–Crippen LogP) is 5.04. The molecule has 0 radical (unpaired) electrons. The highest BCUT2D eigenvalue weighted by Gasteiger charge is 2.18. The van der Waals surface area contributed by atoms with E-state index < -0.39 is 0 Å². The van der Waals surface area contributed by atoms with E-state index in [1.807, 2.05) is 72.8 Å². The largest absolute Gasteiger partial charge is 0.289 e. The minimum Gasteiger partial charge on any atom is -0.289 e. The van der Waals surface area contributed by atoms with Crippen molar-refractivity contribution in [3.8, 4) is 22.3 Å². The zero-order chi connectivity index (χ0) is 17.8. The molecule has 124 valence electrons. The van der Waals surface area contributed by atoms with Crippen molar-refractivity contribution in [1.29, 1.82) is 0 Å². The maximum Gasteiger partial charge on any atom is 0.194 e. The Bertz CT molecular complexity index is 959. The Morgan fingerprint density at radius 1 is 0.577 bits per heavy atom. The molecule has 0 fully saturated rings. The van der Waals surface area contributed by atoms with Gasteiger partial charge in [-0.3, -0.25) is 14.8 Å². The number of aromatic nitrogens is 2. The molecule has 0 N–H and O–H groups in total. The first-order chi connectivity index (χ1) is 12.8. The third-order valence-corrected chi connectivity index (χ3v) is 4.29. The standard InChI is InChI=1S/C23H16N2O/c26-23(21-11-3-1-9-19(21)17-7-5-13-24-15-17)22-12-4-2-10-20(22)18-8-6-14-25-16-18/h1-16H. The molecule has 0 saturated heterocycles. The summed E-state index contributed by atoms with van der Waals surface area (Å²) in [6.45, 7) is 0. The van der Waals surface area contributed by atoms with Gasteiger partial charge in [0, 0.05) is 47.0 Å². The van der Waals surface area contributed by atoms with Crippen molar-refractivity contribution in [2.24, 2.45) is 0 Å². The van der Waals surface area contributed by atoms with Crippen LogP contribution >= 0.6 is 0 Å². The van der Waals surface area contributed by atoms with Crippen LogP contribution < -0.4 is 0 Å². The summed E-state index contributed by atoms with van der Waals surface area (Å²) < 4.78 is 0. The average Bonchev–Trinajstić information content (AvgIpc) is 2.74. The van der Waals surface area contributed by atoms with Crippen LogP contribution in [0.3, 0.4) is 0 Å². The molecule has 2 aromatic carbocycles. The van der Waals surface area contributed by atoms with Gasteiger partial charge in [0.2, 0.25) is 0 Å². The molecule has 0 bridgehead atoms. The Kier molecular flexibility index (Phi) is 4.35. The lowest BCUT2D eigenvalue weighted by molar-refractivity contribution is 0.104. The molecule has 2 heterocycles. The Morgan fingerprint density at radius 2 is 1.04 bits per heavy atom. The molecule has 0 saturated carbocycles. The average molecular weight is 336 g/mol. The number of rotatable bonds is 4. The first-order valence-electron chi connectivity index (χ1n) is 8.38. The SMILES string of the molecule is O=C(c1ccccc1-c1cccnc1)c1ccccc1-c1cccnc1. The van der Waals surface area contributed by atoms with Gasteiger partial charge in [0.25, 0.3) is 0 Å². The number of pyridine rings is 2. The summed E-state index contributed by atoms with van der Waals surface area (Å²) in [7, 11) is 0. The van der Waals surface area contributed by atoms with Gasteiger partial charge >= 0.3 is 0 Å². The zero-order valence-corrected chi connectivity index (χ0v) is 14.0. The van der Waals surface area contributed by atoms with Crippen LogP contribution in [0.5, 0.6) is 0 Å². The van der Waals surface area contributed by atoms with Gasteiger partial charge in [-0.05, 0) is 23.3 Å². The number of nitrogens with zero attached hydrogens (tertiary/aromatic N) is 2. The van der Waals surface area contributed by atoms with Crippen molar-refractivity contribution < 1.29 is 4.79 Å². The summed E-state index contributed by atoms with van der Waals surface area (Å²) in [5.41, 5.74) is 4.94. The van der Waals surface area contributed by atoms with Crippen molar-refractivity contribution in [2.45, 2.75) is 0 Å². The van der Waals surface area contributed by atoms with E-state index in [0.717, 1.165) is 22.3 Å². The Morgan fingerprint density at radius 3 is 1.46 bits per heavy atom. The van der Waals surface area contributed by atoms with Crippen LogP contribution in [0.25, 0.3) is 22.3 Å². The van der Waals surface area contributed by atoms with Gasteiger partial charge in [-0.25, -0.2) is 0 Å². The number of hydrogen-bond donors (Lipinski definition) is 0. The molecule has 0 aliphatic rings. The summed E-state index contributed by atoms with van der Waals surface area (Å²) in [6.07, 6.45) is 7.01. The van der Waals surface area contributed by atoms with E-state index in [4.69, 9.17) is 0 Å². The summed E-state index contributed by atoms with van der Waals surface area (Å²) in [4.78, 5) is 21.8. The summed E-state index contributed by atoms with van der Waals surface area (Å²) in [5, 5.41) is 0. The van der Waals surface area contributed by atoms with E-state index in [9.17, 15) is 4.79 Å². The summed E-state index contributed by atoms with van der Waals surface area (Å²) in [5.74, 6) is -0.0103. The van der Waals surface area contributed by atoms with E-state index >= 15 is 0 Å². The number of benzene rings is 2. The molecule has 3 heteroatoms. The van der Waals surface area contributed by atoms with Crippen molar-refractivity contribution in [1.82, 2.24) is 9.97 Å². The highest BCUT2D eigenvalue weighted by atomic mass is 16.1. The van der Waals surface area contributed by atoms with Crippen LogP contribution in [0.15, 0.2) is 97.6 Å². The fraction of sp³-hybridized carbons (Fsp3) is 0. The lowest BCUT2D eigenvalue weighted by atomic mass is 9.91. The molecule has 0 unspecified atom stereocenters. The maximum absolute atomic E-state index is 13.4. The highest BCUT2D eigenvalue weighted by molar-refractivity contribution is 6.16. The van der Waals surface area contributed by atoms with Crippen molar-refractivity contribution >= 4 is 5.78 Å². The minimum absolute atomic E-state index is 0.0103. The maximum atomic E-state index is 13.4. The molecular weight excluding hydrogens is 320 g/mol. The smallest absolute Gasteiger partial charge is 0.194 e. The van der Waals surface area contributed by atoms with Crippen molar-refractivity contribution in [2.75, 3.05) is 0 Å². The molecule has 2 aromatic heterocycles. The topological polar surface area (TPSA) is 42.9 Å². The quantitative estimate of drug-likeness (QED) is 0.490. The second kappa shape index (κ2) is 7.11. The first-order valence-corrected chi connectivity index (χ1v) is 8.38. The van der Waals surface area contributed by atoms with Gasteiger partial charge in [-0.2, -0.15) is 0 Å². The third-order valence-electron chi connectivity index (χ3n) is 4.29. The van der Waals surface area contributed by atoms with Crippen molar-refractivity contribution in [3.05, 3.63) is 109 Å². The number of carbonyl (C=O) groups is 1. The molecule has 0 amide bonds. The zero-order valence-electron chi connectivity index (χ0n) is 14.0. The fourth-order valence-electron chi connectivity index (χ4n) is 3.05. The molecular formula is C23H16N2O. The van der Waals surface area contributed by atoms with E-state index in [-0.39, 0.29) is 5.78 Å². The normalized spacial score (nSPS) is 10.5. The highest BCUT2D eigenvalue weighted by Crippen LogP contribution is 2.29. The fourth-order valence-corrected chi connectivity index (χ4v) is 3.05. The van der Waals surface area contributed by atoms with Gasteiger partial charge < -0.3 is 0 Å². The third kappa shape index (κ3) is 3.03.